The van der Waals surface area contributed by atoms with Crippen LogP contribution in [-0.4, -0.2) is 51.3 Å². The van der Waals surface area contributed by atoms with Crippen LogP contribution in [0.3, 0.4) is 0 Å². The first-order valence-electron chi connectivity index (χ1n) is 13.9. The minimum absolute atomic E-state index is 0.0593. The Morgan fingerprint density at radius 3 is 2.41 bits per heavy atom. The van der Waals surface area contributed by atoms with E-state index in [1.807, 2.05) is 12.1 Å². The lowest BCUT2D eigenvalue weighted by Crippen LogP contribution is -2.37. The molecule has 3 aromatic carbocycles. The van der Waals surface area contributed by atoms with Crippen LogP contribution in [-0.2, 0) is 11.2 Å². The van der Waals surface area contributed by atoms with Gasteiger partial charge in [-0.15, -0.1) is 0 Å². The number of amides is 2. The van der Waals surface area contributed by atoms with E-state index in [-0.39, 0.29) is 17.9 Å². The second-order valence-corrected chi connectivity index (χ2v) is 10.4. The monoisotopic (exact) mass is 527 g/mol. The number of ether oxygens (including phenoxy) is 2. The maximum Gasteiger partial charge on any atom is 0.255 e. The summed E-state index contributed by atoms with van der Waals surface area (Å²) in [6.45, 7) is 3.01. The molecule has 0 aliphatic carbocycles. The van der Waals surface area contributed by atoms with E-state index in [4.69, 9.17) is 9.47 Å². The molecule has 2 aliphatic rings. The van der Waals surface area contributed by atoms with E-state index in [1.165, 1.54) is 5.56 Å². The fourth-order valence-corrected chi connectivity index (χ4v) is 5.45. The Hall–Kier alpha value is -3.84. The molecule has 0 aromatic heterocycles. The third-order valence-electron chi connectivity index (χ3n) is 7.69. The van der Waals surface area contributed by atoms with Gasteiger partial charge in [-0.05, 0) is 86.1 Å². The number of nitrogens with zero attached hydrogens (tertiary/aromatic N) is 1. The van der Waals surface area contributed by atoms with Crippen molar-refractivity contribution in [3.05, 3.63) is 89.5 Å². The zero-order valence-electron chi connectivity index (χ0n) is 22.5. The first kappa shape index (κ1) is 26.8. The minimum Gasteiger partial charge on any atom is -0.497 e. The number of benzene rings is 3. The summed E-state index contributed by atoms with van der Waals surface area (Å²) in [5.74, 6) is 0.933. The fourth-order valence-electron chi connectivity index (χ4n) is 5.45. The van der Waals surface area contributed by atoms with Crippen molar-refractivity contribution in [3.8, 4) is 5.75 Å². The summed E-state index contributed by atoms with van der Waals surface area (Å²) in [5, 5.41) is 6.02. The van der Waals surface area contributed by atoms with E-state index >= 15 is 0 Å². The van der Waals surface area contributed by atoms with E-state index in [1.54, 1.807) is 37.4 Å². The number of hydrogen-bond donors (Lipinski definition) is 2. The van der Waals surface area contributed by atoms with Crippen LogP contribution in [0.5, 0.6) is 5.75 Å². The Morgan fingerprint density at radius 2 is 1.72 bits per heavy atom. The standard InChI is InChI=1S/C32H37N3O4/c1-38-27-12-9-25(10-13-27)31(36)34-26-11-14-30(29(21-26)32(37)33-22-28-8-5-19-39-28)35-17-15-24(16-18-35)20-23-6-3-2-4-7-23/h2-4,6-7,9-14,21,24,28H,5,8,15-20,22H2,1H3,(H,33,37)(H,34,36). The zero-order chi connectivity index (χ0) is 27.0. The molecule has 39 heavy (non-hydrogen) atoms. The molecule has 7 heteroatoms. The Labute approximate surface area is 230 Å². The van der Waals surface area contributed by atoms with E-state index in [0.29, 0.717) is 35.0 Å². The normalized spacial score (nSPS) is 17.6. The van der Waals surface area contributed by atoms with E-state index in [0.717, 1.165) is 57.5 Å². The molecule has 2 saturated heterocycles. The van der Waals surface area contributed by atoms with Crippen LogP contribution >= 0.6 is 0 Å². The summed E-state index contributed by atoms with van der Waals surface area (Å²) in [6, 6.07) is 23.2. The van der Waals surface area contributed by atoms with Crippen molar-refractivity contribution < 1.29 is 19.1 Å². The van der Waals surface area contributed by atoms with Crippen molar-refractivity contribution in [1.82, 2.24) is 5.32 Å². The topological polar surface area (TPSA) is 79.9 Å². The average Bonchev–Trinajstić information content (AvgIpc) is 3.51. The fraction of sp³-hybridized carbons (Fsp3) is 0.375. The number of nitrogens with one attached hydrogen (secondary N) is 2. The number of rotatable bonds is 9. The largest absolute Gasteiger partial charge is 0.497 e. The lowest BCUT2D eigenvalue weighted by atomic mass is 9.89. The van der Waals surface area contributed by atoms with Crippen LogP contribution in [0, 0.1) is 5.92 Å². The minimum atomic E-state index is -0.238. The van der Waals surface area contributed by atoms with Crippen LogP contribution in [0.4, 0.5) is 11.4 Å². The molecule has 2 amide bonds. The Balaban J connectivity index is 1.30. The Kier molecular flexibility index (Phi) is 8.78. The van der Waals surface area contributed by atoms with Gasteiger partial charge in [-0.25, -0.2) is 0 Å². The number of anilines is 2. The van der Waals surface area contributed by atoms with Gasteiger partial charge in [0.05, 0.1) is 18.8 Å². The number of piperidine rings is 1. The molecule has 2 N–H and O–H groups in total. The summed E-state index contributed by atoms with van der Waals surface area (Å²) < 4.78 is 10.9. The lowest BCUT2D eigenvalue weighted by Gasteiger charge is -2.35. The maximum atomic E-state index is 13.4. The highest BCUT2D eigenvalue weighted by Gasteiger charge is 2.25. The van der Waals surface area contributed by atoms with Crippen LogP contribution in [0.25, 0.3) is 0 Å². The molecule has 1 atom stereocenters. The van der Waals surface area contributed by atoms with Crippen molar-refractivity contribution in [2.45, 2.75) is 38.2 Å². The van der Waals surface area contributed by atoms with Gasteiger partial charge in [0.2, 0.25) is 0 Å². The predicted molar refractivity (Wildman–Crippen MR) is 154 cm³/mol. The molecular weight excluding hydrogens is 490 g/mol. The third kappa shape index (κ3) is 6.98. The predicted octanol–water partition coefficient (Wildman–Crippen LogP) is 5.32. The first-order chi connectivity index (χ1) is 19.1. The molecule has 0 saturated carbocycles. The highest BCUT2D eigenvalue weighted by Crippen LogP contribution is 2.30. The summed E-state index contributed by atoms with van der Waals surface area (Å²) >= 11 is 0. The summed E-state index contributed by atoms with van der Waals surface area (Å²) in [4.78, 5) is 28.6. The lowest BCUT2D eigenvalue weighted by molar-refractivity contribution is 0.0858. The SMILES string of the molecule is COc1ccc(C(=O)Nc2ccc(N3CCC(Cc4ccccc4)CC3)c(C(=O)NCC3CCCO3)c2)cc1. The third-order valence-corrected chi connectivity index (χ3v) is 7.69. The van der Waals surface area contributed by atoms with Crippen molar-refractivity contribution >= 4 is 23.2 Å². The molecule has 204 valence electrons. The van der Waals surface area contributed by atoms with Crippen LogP contribution in [0.2, 0.25) is 0 Å². The van der Waals surface area contributed by atoms with Gasteiger partial charge < -0.3 is 25.0 Å². The molecular formula is C32H37N3O4. The summed E-state index contributed by atoms with van der Waals surface area (Å²) in [7, 11) is 1.59. The van der Waals surface area contributed by atoms with Crippen LogP contribution < -0.4 is 20.3 Å². The molecule has 2 heterocycles. The molecule has 0 bridgehead atoms. The van der Waals surface area contributed by atoms with Gasteiger partial charge in [0.25, 0.3) is 11.8 Å². The number of methoxy groups -OCH3 is 1. The first-order valence-corrected chi connectivity index (χ1v) is 13.9. The number of carbonyl (C=O) groups is 2. The smallest absolute Gasteiger partial charge is 0.255 e. The van der Waals surface area contributed by atoms with Crippen molar-refractivity contribution in [1.29, 1.82) is 0 Å². The highest BCUT2D eigenvalue weighted by atomic mass is 16.5. The van der Waals surface area contributed by atoms with Gasteiger partial charge in [0, 0.05) is 43.2 Å². The van der Waals surface area contributed by atoms with Gasteiger partial charge in [-0.3, -0.25) is 9.59 Å². The van der Waals surface area contributed by atoms with E-state index in [2.05, 4.69) is 45.9 Å². The Bertz CT molecular complexity index is 1250. The molecule has 3 aromatic rings. The molecule has 1 unspecified atom stereocenters. The van der Waals surface area contributed by atoms with Crippen molar-refractivity contribution in [2.75, 3.05) is 43.6 Å². The summed E-state index contributed by atoms with van der Waals surface area (Å²) in [5.41, 5.74) is 3.95. The molecule has 7 nitrogen and oxygen atoms in total. The zero-order valence-corrected chi connectivity index (χ0v) is 22.5. The highest BCUT2D eigenvalue weighted by molar-refractivity contribution is 6.06. The molecule has 5 rings (SSSR count). The van der Waals surface area contributed by atoms with Crippen molar-refractivity contribution in [3.63, 3.8) is 0 Å². The van der Waals surface area contributed by atoms with Gasteiger partial charge in [-0.1, -0.05) is 30.3 Å². The molecule has 0 radical (unpaired) electrons. The maximum absolute atomic E-state index is 13.4. The molecule has 0 spiro atoms. The second kappa shape index (κ2) is 12.8. The van der Waals surface area contributed by atoms with Crippen LogP contribution in [0.15, 0.2) is 72.8 Å². The summed E-state index contributed by atoms with van der Waals surface area (Å²) in [6.07, 6.45) is 5.27. The number of carbonyl (C=O) groups excluding carboxylic acids is 2. The second-order valence-electron chi connectivity index (χ2n) is 10.4. The quantitative estimate of drug-likeness (QED) is 0.394. The van der Waals surface area contributed by atoms with E-state index in [9.17, 15) is 9.59 Å². The van der Waals surface area contributed by atoms with Gasteiger partial charge in [0.1, 0.15) is 5.75 Å². The molecule has 2 aliphatic heterocycles. The Morgan fingerprint density at radius 1 is 0.949 bits per heavy atom. The van der Waals surface area contributed by atoms with Crippen molar-refractivity contribution in [2.24, 2.45) is 5.92 Å². The van der Waals surface area contributed by atoms with Gasteiger partial charge in [-0.2, -0.15) is 0 Å². The van der Waals surface area contributed by atoms with Crippen LogP contribution in [0.1, 0.15) is 52.0 Å². The van der Waals surface area contributed by atoms with Gasteiger partial charge >= 0.3 is 0 Å². The molecule has 2 fully saturated rings. The van der Waals surface area contributed by atoms with E-state index < -0.39 is 0 Å². The number of hydrogen-bond acceptors (Lipinski definition) is 5. The van der Waals surface area contributed by atoms with Gasteiger partial charge in [0.15, 0.2) is 0 Å². The average molecular weight is 528 g/mol.